The highest BCUT2D eigenvalue weighted by atomic mass is 79.9. The number of hydrogen-bond donors (Lipinski definition) is 1. The van der Waals surface area contributed by atoms with E-state index in [9.17, 15) is 4.79 Å². The maximum Gasteiger partial charge on any atom is 0.255 e. The number of anilines is 1. The van der Waals surface area contributed by atoms with Gasteiger partial charge in [-0.05, 0) is 77.7 Å². The first-order valence-corrected chi connectivity index (χ1v) is 11.6. The van der Waals surface area contributed by atoms with Crippen molar-refractivity contribution in [2.45, 2.75) is 33.9 Å². The van der Waals surface area contributed by atoms with E-state index in [1.54, 1.807) is 0 Å². The van der Waals surface area contributed by atoms with Crippen LogP contribution in [-0.2, 0) is 13.2 Å². The number of nitrogens with zero attached hydrogens (tertiary/aromatic N) is 2. The monoisotopic (exact) mass is 503 g/mol. The van der Waals surface area contributed by atoms with Crippen LogP contribution in [0.25, 0.3) is 0 Å². The first-order valence-electron chi connectivity index (χ1n) is 10.8. The number of para-hydroxylation sites is 1. The lowest BCUT2D eigenvalue weighted by Crippen LogP contribution is -2.13. The van der Waals surface area contributed by atoms with Gasteiger partial charge in [0.1, 0.15) is 12.4 Å². The van der Waals surface area contributed by atoms with Crippen molar-refractivity contribution < 1.29 is 9.53 Å². The Labute approximate surface area is 202 Å². The maximum atomic E-state index is 12.9. The van der Waals surface area contributed by atoms with Gasteiger partial charge in [-0.2, -0.15) is 5.10 Å². The predicted molar refractivity (Wildman–Crippen MR) is 135 cm³/mol. The number of rotatable bonds is 7. The second-order valence-corrected chi connectivity index (χ2v) is 8.85. The summed E-state index contributed by atoms with van der Waals surface area (Å²) in [6.07, 6.45) is 0. The molecule has 6 heteroatoms. The largest absolute Gasteiger partial charge is 0.488 e. The molecule has 4 rings (SSSR count). The Morgan fingerprint density at radius 3 is 2.39 bits per heavy atom. The van der Waals surface area contributed by atoms with E-state index in [1.807, 2.05) is 79.2 Å². The van der Waals surface area contributed by atoms with Gasteiger partial charge in [0.15, 0.2) is 0 Å². The SMILES string of the molecule is Cc1ccccc1Cn1nc(C)c(NC(=O)c2ccc(COc3ccccc3Br)cc2)c1C. The van der Waals surface area contributed by atoms with E-state index in [4.69, 9.17) is 4.74 Å². The highest BCUT2D eigenvalue weighted by Crippen LogP contribution is 2.25. The van der Waals surface area contributed by atoms with Crippen LogP contribution in [-0.4, -0.2) is 15.7 Å². The molecule has 0 bridgehead atoms. The lowest BCUT2D eigenvalue weighted by atomic mass is 10.1. The summed E-state index contributed by atoms with van der Waals surface area (Å²) in [6.45, 7) is 7.09. The van der Waals surface area contributed by atoms with E-state index in [-0.39, 0.29) is 5.91 Å². The fraction of sp³-hybridized carbons (Fsp3) is 0.185. The van der Waals surface area contributed by atoms with Gasteiger partial charge in [0.05, 0.1) is 28.1 Å². The molecule has 0 aliphatic rings. The molecule has 0 fully saturated rings. The van der Waals surface area contributed by atoms with Gasteiger partial charge >= 0.3 is 0 Å². The Morgan fingerprint density at radius 2 is 1.67 bits per heavy atom. The second kappa shape index (κ2) is 10.0. The van der Waals surface area contributed by atoms with Crippen LogP contribution in [0.5, 0.6) is 5.75 Å². The molecule has 0 atom stereocenters. The van der Waals surface area contributed by atoms with Crippen molar-refractivity contribution in [3.8, 4) is 5.75 Å². The third-order valence-electron chi connectivity index (χ3n) is 5.65. The zero-order valence-electron chi connectivity index (χ0n) is 18.9. The van der Waals surface area contributed by atoms with Crippen LogP contribution in [0, 0.1) is 20.8 Å². The fourth-order valence-electron chi connectivity index (χ4n) is 3.64. The van der Waals surface area contributed by atoms with E-state index in [0.717, 1.165) is 32.9 Å². The second-order valence-electron chi connectivity index (χ2n) is 8.00. The third-order valence-corrected chi connectivity index (χ3v) is 6.30. The average Bonchev–Trinajstić information content (AvgIpc) is 3.07. The van der Waals surface area contributed by atoms with Crippen LogP contribution < -0.4 is 10.1 Å². The number of carbonyl (C=O) groups is 1. The molecule has 0 radical (unpaired) electrons. The molecule has 0 aliphatic carbocycles. The lowest BCUT2D eigenvalue weighted by Gasteiger charge is -2.10. The van der Waals surface area contributed by atoms with Gasteiger partial charge in [-0.25, -0.2) is 0 Å². The van der Waals surface area contributed by atoms with Gasteiger partial charge < -0.3 is 10.1 Å². The van der Waals surface area contributed by atoms with Crippen molar-refractivity contribution >= 4 is 27.5 Å². The Morgan fingerprint density at radius 1 is 0.970 bits per heavy atom. The molecule has 3 aromatic carbocycles. The molecule has 0 saturated carbocycles. The molecule has 0 saturated heterocycles. The normalized spacial score (nSPS) is 10.8. The van der Waals surface area contributed by atoms with Gasteiger partial charge in [0, 0.05) is 5.56 Å². The minimum Gasteiger partial charge on any atom is -0.488 e. The van der Waals surface area contributed by atoms with E-state index in [1.165, 1.54) is 11.1 Å². The molecule has 4 aromatic rings. The number of amides is 1. The average molecular weight is 504 g/mol. The van der Waals surface area contributed by atoms with Crippen molar-refractivity contribution in [1.82, 2.24) is 9.78 Å². The molecule has 5 nitrogen and oxygen atoms in total. The molecule has 1 aromatic heterocycles. The molecule has 0 aliphatic heterocycles. The molecule has 1 amide bonds. The van der Waals surface area contributed by atoms with Crippen LogP contribution in [0.2, 0.25) is 0 Å². The van der Waals surface area contributed by atoms with Crippen molar-refractivity contribution in [3.63, 3.8) is 0 Å². The highest BCUT2D eigenvalue weighted by molar-refractivity contribution is 9.10. The minimum atomic E-state index is -0.157. The Bertz CT molecular complexity index is 1280. The van der Waals surface area contributed by atoms with Crippen LogP contribution in [0.1, 0.15) is 38.4 Å². The summed E-state index contributed by atoms with van der Waals surface area (Å²) in [5.41, 5.74) is 6.50. The number of nitrogens with one attached hydrogen (secondary N) is 1. The maximum absolute atomic E-state index is 12.9. The molecule has 1 heterocycles. The fourth-order valence-corrected chi connectivity index (χ4v) is 4.04. The Kier molecular flexibility index (Phi) is 6.94. The van der Waals surface area contributed by atoms with E-state index in [2.05, 4.69) is 45.4 Å². The minimum absolute atomic E-state index is 0.157. The van der Waals surface area contributed by atoms with Crippen LogP contribution in [0.4, 0.5) is 5.69 Å². The van der Waals surface area contributed by atoms with Gasteiger partial charge in [0.25, 0.3) is 5.91 Å². The summed E-state index contributed by atoms with van der Waals surface area (Å²) in [7, 11) is 0. The summed E-state index contributed by atoms with van der Waals surface area (Å²) in [6, 6.07) is 23.4. The number of hydrogen-bond acceptors (Lipinski definition) is 3. The lowest BCUT2D eigenvalue weighted by molar-refractivity contribution is 0.102. The molecule has 33 heavy (non-hydrogen) atoms. The van der Waals surface area contributed by atoms with E-state index < -0.39 is 0 Å². The smallest absolute Gasteiger partial charge is 0.255 e. The molecular formula is C27H26BrN3O2. The van der Waals surface area contributed by atoms with Crippen molar-refractivity contribution in [2.75, 3.05) is 5.32 Å². The quantitative estimate of drug-likeness (QED) is 0.315. The van der Waals surface area contributed by atoms with Crippen molar-refractivity contribution in [1.29, 1.82) is 0 Å². The summed E-state index contributed by atoms with van der Waals surface area (Å²) in [5, 5.41) is 7.69. The van der Waals surface area contributed by atoms with Crippen LogP contribution in [0.3, 0.4) is 0 Å². The molecule has 1 N–H and O–H groups in total. The zero-order valence-corrected chi connectivity index (χ0v) is 20.5. The zero-order chi connectivity index (χ0) is 23.4. The number of aryl methyl sites for hydroxylation is 2. The molecule has 168 valence electrons. The van der Waals surface area contributed by atoms with E-state index >= 15 is 0 Å². The molecule has 0 spiro atoms. The van der Waals surface area contributed by atoms with Crippen molar-refractivity contribution in [3.05, 3.63) is 111 Å². The molecular weight excluding hydrogens is 478 g/mol. The number of benzene rings is 3. The number of ether oxygens (including phenoxy) is 1. The predicted octanol–water partition coefficient (Wildman–Crippen LogP) is 6.45. The number of carbonyl (C=O) groups excluding carboxylic acids is 1. The third kappa shape index (κ3) is 5.34. The Balaban J connectivity index is 1.42. The topological polar surface area (TPSA) is 56.2 Å². The van der Waals surface area contributed by atoms with Gasteiger partial charge in [-0.1, -0.05) is 48.5 Å². The standard InChI is InChI=1S/C27H26BrN3O2/c1-18-8-4-5-9-23(18)16-31-20(3)26(19(2)30-31)29-27(32)22-14-12-21(13-15-22)17-33-25-11-7-6-10-24(25)28/h4-15H,16-17H2,1-3H3,(H,29,32). The van der Waals surface area contributed by atoms with Gasteiger partial charge in [-0.3, -0.25) is 9.48 Å². The van der Waals surface area contributed by atoms with E-state index in [0.29, 0.717) is 18.7 Å². The summed E-state index contributed by atoms with van der Waals surface area (Å²) < 4.78 is 8.70. The number of halogens is 1. The first kappa shape index (κ1) is 22.8. The Hall–Kier alpha value is -3.38. The van der Waals surface area contributed by atoms with Crippen LogP contribution >= 0.6 is 15.9 Å². The van der Waals surface area contributed by atoms with Gasteiger partial charge in [0.2, 0.25) is 0 Å². The van der Waals surface area contributed by atoms with Gasteiger partial charge in [-0.15, -0.1) is 0 Å². The first-order chi connectivity index (χ1) is 15.9. The number of aromatic nitrogens is 2. The highest BCUT2D eigenvalue weighted by Gasteiger charge is 2.16. The van der Waals surface area contributed by atoms with Crippen molar-refractivity contribution in [2.24, 2.45) is 0 Å². The van der Waals surface area contributed by atoms with Crippen LogP contribution in [0.15, 0.2) is 77.3 Å². The summed E-state index contributed by atoms with van der Waals surface area (Å²) >= 11 is 3.48. The summed E-state index contributed by atoms with van der Waals surface area (Å²) in [4.78, 5) is 12.9. The molecule has 0 unspecified atom stereocenters. The summed E-state index contributed by atoms with van der Waals surface area (Å²) in [5.74, 6) is 0.628.